The van der Waals surface area contributed by atoms with Gasteiger partial charge in [0.2, 0.25) is 5.91 Å². The molecule has 3 N–H and O–H groups in total. The Balaban J connectivity index is 1.88. The standard InChI is InChI=1S/C22H26BrN3O4/c1-3-5-6-20(27)24-17-10-7-15(8-11-17)21(28)25-26-22(29)16-9-12-19(18(23)14-16)30-13-4-2/h7-12,14H,3-6,13H2,1-2H3,(H,24,27)(H,25,28)(H,26,29). The maximum absolute atomic E-state index is 12.3. The molecule has 0 aliphatic rings. The van der Waals surface area contributed by atoms with Crippen LogP contribution >= 0.6 is 15.9 Å². The lowest BCUT2D eigenvalue weighted by Gasteiger charge is -2.11. The second kappa shape index (κ2) is 12.0. The largest absolute Gasteiger partial charge is 0.492 e. The van der Waals surface area contributed by atoms with Crippen LogP contribution in [0.1, 0.15) is 60.2 Å². The minimum absolute atomic E-state index is 0.0569. The molecule has 0 aromatic heterocycles. The molecule has 3 amide bonds. The zero-order valence-electron chi connectivity index (χ0n) is 17.1. The van der Waals surface area contributed by atoms with Gasteiger partial charge in [-0.3, -0.25) is 25.2 Å². The van der Waals surface area contributed by atoms with Crippen LogP contribution in [0.5, 0.6) is 5.75 Å². The van der Waals surface area contributed by atoms with E-state index in [1.807, 2.05) is 13.8 Å². The van der Waals surface area contributed by atoms with Gasteiger partial charge >= 0.3 is 0 Å². The van der Waals surface area contributed by atoms with Crippen LogP contribution in [-0.4, -0.2) is 24.3 Å². The summed E-state index contributed by atoms with van der Waals surface area (Å²) in [6.07, 6.45) is 3.13. The van der Waals surface area contributed by atoms with Crippen molar-refractivity contribution in [3.63, 3.8) is 0 Å². The Kier molecular flexibility index (Phi) is 9.34. The summed E-state index contributed by atoms with van der Waals surface area (Å²) in [4.78, 5) is 36.3. The molecule has 2 aromatic carbocycles. The Morgan fingerprint density at radius 2 is 1.53 bits per heavy atom. The lowest BCUT2D eigenvalue weighted by Crippen LogP contribution is -2.41. The highest BCUT2D eigenvalue weighted by atomic mass is 79.9. The first-order valence-electron chi connectivity index (χ1n) is 9.87. The van der Waals surface area contributed by atoms with Gasteiger partial charge in [0.25, 0.3) is 11.8 Å². The van der Waals surface area contributed by atoms with Crippen LogP contribution in [0, 0.1) is 0 Å². The van der Waals surface area contributed by atoms with Crippen LogP contribution in [0.3, 0.4) is 0 Å². The third-order valence-corrected chi connectivity index (χ3v) is 4.75. The molecule has 0 radical (unpaired) electrons. The van der Waals surface area contributed by atoms with E-state index in [2.05, 4.69) is 32.1 Å². The summed E-state index contributed by atoms with van der Waals surface area (Å²) in [5.74, 6) is -0.321. The van der Waals surface area contributed by atoms with Gasteiger partial charge < -0.3 is 10.1 Å². The Bertz CT molecular complexity index is 884. The lowest BCUT2D eigenvalue weighted by atomic mass is 10.2. The van der Waals surface area contributed by atoms with E-state index < -0.39 is 11.8 Å². The van der Waals surface area contributed by atoms with E-state index in [9.17, 15) is 14.4 Å². The topological polar surface area (TPSA) is 96.5 Å². The van der Waals surface area contributed by atoms with Crippen LogP contribution in [-0.2, 0) is 4.79 Å². The Labute approximate surface area is 184 Å². The van der Waals surface area contributed by atoms with Gasteiger partial charge in [0.1, 0.15) is 5.75 Å². The molecule has 8 heteroatoms. The van der Waals surface area contributed by atoms with Gasteiger partial charge in [-0.1, -0.05) is 20.3 Å². The molecule has 2 aromatic rings. The summed E-state index contributed by atoms with van der Waals surface area (Å²) >= 11 is 3.38. The maximum atomic E-state index is 12.3. The minimum atomic E-state index is -0.464. The Morgan fingerprint density at radius 3 is 2.13 bits per heavy atom. The molecular weight excluding hydrogens is 450 g/mol. The smallest absolute Gasteiger partial charge is 0.269 e. The van der Waals surface area contributed by atoms with Crippen LogP contribution < -0.4 is 20.9 Å². The summed E-state index contributed by atoms with van der Waals surface area (Å²) in [6.45, 7) is 4.62. The van der Waals surface area contributed by atoms with Crippen molar-refractivity contribution in [2.45, 2.75) is 39.5 Å². The zero-order valence-corrected chi connectivity index (χ0v) is 18.7. The first-order chi connectivity index (χ1) is 14.4. The maximum Gasteiger partial charge on any atom is 0.269 e. The molecule has 160 valence electrons. The van der Waals surface area contributed by atoms with E-state index in [1.165, 1.54) is 0 Å². The second-order valence-corrected chi connectivity index (χ2v) is 7.49. The van der Waals surface area contributed by atoms with Gasteiger partial charge in [0.05, 0.1) is 11.1 Å². The third-order valence-electron chi connectivity index (χ3n) is 4.13. The fraction of sp³-hybridized carbons (Fsp3) is 0.318. The summed E-state index contributed by atoms with van der Waals surface area (Å²) in [5, 5.41) is 2.78. The van der Waals surface area contributed by atoms with Gasteiger partial charge in [-0.05, 0) is 71.2 Å². The molecular formula is C22H26BrN3O4. The fourth-order valence-corrected chi connectivity index (χ4v) is 2.99. The predicted octanol–water partition coefficient (Wildman–Crippen LogP) is 4.44. The zero-order chi connectivity index (χ0) is 21.9. The SMILES string of the molecule is CCCCC(=O)Nc1ccc(C(=O)NNC(=O)c2ccc(OCCC)c(Br)c2)cc1. The number of hydrogen-bond donors (Lipinski definition) is 3. The highest BCUT2D eigenvalue weighted by Gasteiger charge is 2.12. The van der Waals surface area contributed by atoms with E-state index in [1.54, 1.807) is 42.5 Å². The lowest BCUT2D eigenvalue weighted by molar-refractivity contribution is -0.116. The molecule has 0 fully saturated rings. The first kappa shape index (κ1) is 23.4. The number of rotatable bonds is 9. The number of hydrogen-bond acceptors (Lipinski definition) is 4. The van der Waals surface area contributed by atoms with Crippen molar-refractivity contribution >= 4 is 39.3 Å². The highest BCUT2D eigenvalue weighted by molar-refractivity contribution is 9.10. The average Bonchev–Trinajstić information content (AvgIpc) is 2.75. The van der Waals surface area contributed by atoms with Crippen molar-refractivity contribution in [1.82, 2.24) is 10.9 Å². The van der Waals surface area contributed by atoms with Crippen LogP contribution in [0.2, 0.25) is 0 Å². The molecule has 0 bridgehead atoms. The number of carbonyl (C=O) groups is 3. The number of anilines is 1. The molecule has 0 atom stereocenters. The van der Waals surface area contributed by atoms with Gasteiger partial charge in [-0.25, -0.2) is 0 Å². The van der Waals surface area contributed by atoms with Crippen molar-refractivity contribution in [2.24, 2.45) is 0 Å². The number of halogens is 1. The van der Waals surface area contributed by atoms with Crippen molar-refractivity contribution in [2.75, 3.05) is 11.9 Å². The molecule has 0 spiro atoms. The van der Waals surface area contributed by atoms with Gasteiger partial charge in [-0.2, -0.15) is 0 Å². The van der Waals surface area contributed by atoms with Crippen LogP contribution in [0.25, 0.3) is 0 Å². The molecule has 0 saturated heterocycles. The Hall–Kier alpha value is -2.87. The number of nitrogens with one attached hydrogen (secondary N) is 3. The molecule has 0 aliphatic carbocycles. The normalized spacial score (nSPS) is 10.2. The van der Waals surface area contributed by atoms with Crippen LogP contribution in [0.15, 0.2) is 46.9 Å². The molecule has 0 aliphatic heterocycles. The Morgan fingerprint density at radius 1 is 0.900 bits per heavy atom. The molecule has 2 rings (SSSR count). The second-order valence-electron chi connectivity index (χ2n) is 6.63. The van der Waals surface area contributed by atoms with Gasteiger partial charge in [-0.15, -0.1) is 0 Å². The number of ether oxygens (including phenoxy) is 1. The van der Waals surface area contributed by atoms with E-state index in [4.69, 9.17) is 4.74 Å². The summed E-state index contributed by atoms with van der Waals surface area (Å²) < 4.78 is 6.21. The molecule has 0 heterocycles. The summed E-state index contributed by atoms with van der Waals surface area (Å²) in [5.41, 5.74) is 6.11. The quantitative estimate of drug-likeness (QED) is 0.467. The number of hydrazine groups is 1. The molecule has 0 saturated carbocycles. The van der Waals surface area contributed by atoms with Gasteiger partial charge in [0, 0.05) is 23.2 Å². The third kappa shape index (κ3) is 7.18. The van der Waals surface area contributed by atoms with E-state index in [-0.39, 0.29) is 5.91 Å². The van der Waals surface area contributed by atoms with Crippen molar-refractivity contribution in [3.05, 3.63) is 58.1 Å². The molecule has 0 unspecified atom stereocenters. The number of amides is 3. The summed E-state index contributed by atoms with van der Waals surface area (Å²) in [7, 11) is 0. The average molecular weight is 476 g/mol. The van der Waals surface area contributed by atoms with Crippen molar-refractivity contribution in [1.29, 1.82) is 0 Å². The van der Waals surface area contributed by atoms with E-state index >= 15 is 0 Å². The number of carbonyl (C=O) groups excluding carboxylic acids is 3. The predicted molar refractivity (Wildman–Crippen MR) is 119 cm³/mol. The van der Waals surface area contributed by atoms with Gasteiger partial charge in [0.15, 0.2) is 0 Å². The fourth-order valence-electron chi connectivity index (χ4n) is 2.49. The molecule has 30 heavy (non-hydrogen) atoms. The number of unbranched alkanes of at least 4 members (excludes halogenated alkanes) is 1. The molecule has 7 nitrogen and oxygen atoms in total. The van der Waals surface area contributed by atoms with E-state index in [0.717, 1.165) is 19.3 Å². The highest BCUT2D eigenvalue weighted by Crippen LogP contribution is 2.26. The van der Waals surface area contributed by atoms with Crippen molar-refractivity contribution < 1.29 is 19.1 Å². The van der Waals surface area contributed by atoms with E-state index in [0.29, 0.717) is 40.1 Å². The summed E-state index contributed by atoms with van der Waals surface area (Å²) in [6, 6.07) is 11.4. The monoisotopic (exact) mass is 475 g/mol. The first-order valence-corrected chi connectivity index (χ1v) is 10.7. The minimum Gasteiger partial charge on any atom is -0.492 e. The number of benzene rings is 2. The van der Waals surface area contributed by atoms with Crippen LogP contribution in [0.4, 0.5) is 5.69 Å². The van der Waals surface area contributed by atoms with Crippen molar-refractivity contribution in [3.8, 4) is 5.75 Å².